The Labute approximate surface area is 129 Å². The van der Waals surface area contributed by atoms with Crippen LogP contribution in [0.25, 0.3) is 0 Å². The normalized spacial score (nSPS) is 11.4. The first-order valence-corrected chi connectivity index (χ1v) is 7.49. The second-order valence-corrected chi connectivity index (χ2v) is 5.65. The fraction of sp³-hybridized carbons (Fsp3) is 0.214. The monoisotopic (exact) mass is 330 g/mol. The van der Waals surface area contributed by atoms with Gasteiger partial charge in [-0.05, 0) is 47.0 Å². The Morgan fingerprint density at radius 1 is 1.29 bits per heavy atom. The summed E-state index contributed by atoms with van der Waals surface area (Å²) in [5.41, 5.74) is 5.93. The lowest BCUT2D eigenvalue weighted by Gasteiger charge is -2.14. The van der Waals surface area contributed by atoms with Gasteiger partial charge in [0.15, 0.2) is 0 Å². The van der Waals surface area contributed by atoms with E-state index in [1.54, 1.807) is 17.4 Å². The maximum atomic E-state index is 13.0. The highest BCUT2D eigenvalue weighted by Gasteiger charge is 2.34. The van der Waals surface area contributed by atoms with Crippen molar-refractivity contribution in [2.45, 2.75) is 12.6 Å². The van der Waals surface area contributed by atoms with E-state index in [2.05, 4.69) is 17.5 Å². The van der Waals surface area contributed by atoms with E-state index in [0.717, 1.165) is 18.1 Å². The summed E-state index contributed by atoms with van der Waals surface area (Å²) in [5.74, 6) is 0. The average molecular weight is 330 g/mol. The number of benzene rings is 1. The molecule has 0 radical (unpaired) electrons. The highest BCUT2D eigenvalue weighted by atomic mass is 32.1. The molecule has 1 aromatic heterocycles. The highest BCUT2D eigenvalue weighted by Crippen LogP contribution is 2.33. The van der Waals surface area contributed by atoms with Crippen molar-refractivity contribution < 1.29 is 13.2 Å². The molecule has 0 aliphatic carbocycles. The number of nitrogens with two attached hydrogens (primary N) is 1. The summed E-state index contributed by atoms with van der Waals surface area (Å²) in [6.45, 7) is 0.556. The number of hydrogen-bond acceptors (Lipinski definition) is 3. The van der Waals surface area contributed by atoms with E-state index in [9.17, 15) is 13.2 Å². The summed E-state index contributed by atoms with van der Waals surface area (Å²) in [5, 5.41) is 6.96. The zero-order chi connectivity index (χ0) is 15.5. The largest absolute Gasteiger partial charge is 0.417 e. The van der Waals surface area contributed by atoms with Crippen molar-refractivity contribution in [3.8, 4) is 0 Å². The molecular weight excluding hydrogens is 317 g/mol. The molecule has 0 spiro atoms. The number of thiocarbonyl (C=S) groups is 1. The Bertz CT molecular complexity index is 622. The molecule has 112 valence electrons. The lowest BCUT2D eigenvalue weighted by atomic mass is 10.1. The van der Waals surface area contributed by atoms with Crippen LogP contribution in [0.15, 0.2) is 35.0 Å². The van der Waals surface area contributed by atoms with Gasteiger partial charge in [-0.25, -0.2) is 0 Å². The number of alkyl halides is 3. The van der Waals surface area contributed by atoms with Crippen LogP contribution in [0.2, 0.25) is 0 Å². The molecule has 0 aliphatic rings. The van der Waals surface area contributed by atoms with E-state index in [0.29, 0.717) is 12.2 Å². The van der Waals surface area contributed by atoms with Gasteiger partial charge >= 0.3 is 6.18 Å². The second-order valence-electron chi connectivity index (χ2n) is 4.43. The van der Waals surface area contributed by atoms with Crippen LogP contribution in [-0.4, -0.2) is 11.5 Å². The fourth-order valence-corrected chi connectivity index (χ4v) is 2.77. The molecule has 0 unspecified atom stereocenters. The smallest absolute Gasteiger partial charge is 0.389 e. The Morgan fingerprint density at radius 2 is 2.05 bits per heavy atom. The van der Waals surface area contributed by atoms with Crippen molar-refractivity contribution in [2.75, 3.05) is 11.9 Å². The lowest BCUT2D eigenvalue weighted by molar-refractivity contribution is -0.137. The van der Waals surface area contributed by atoms with Crippen LogP contribution in [0, 0.1) is 0 Å². The molecule has 0 amide bonds. The molecule has 21 heavy (non-hydrogen) atoms. The van der Waals surface area contributed by atoms with Crippen LogP contribution in [0.5, 0.6) is 0 Å². The molecule has 0 saturated carbocycles. The zero-order valence-electron chi connectivity index (χ0n) is 10.9. The highest BCUT2D eigenvalue weighted by molar-refractivity contribution is 7.80. The van der Waals surface area contributed by atoms with Gasteiger partial charge in [-0.1, -0.05) is 12.2 Å². The topological polar surface area (TPSA) is 38.0 Å². The number of hydrogen-bond donors (Lipinski definition) is 2. The Kier molecular flexibility index (Phi) is 4.84. The van der Waals surface area contributed by atoms with Gasteiger partial charge in [-0.3, -0.25) is 0 Å². The Balaban J connectivity index is 2.12. The van der Waals surface area contributed by atoms with E-state index in [1.807, 2.05) is 16.8 Å². The maximum Gasteiger partial charge on any atom is 0.417 e. The standard InChI is InChI=1S/C14H13F3N2S2/c15-14(16,17)12-7-10(1-2-11(12)13(18)20)19-5-3-9-4-6-21-8-9/h1-2,4,6-8,19H,3,5H2,(H2,18,20). The summed E-state index contributed by atoms with van der Waals surface area (Å²) >= 11 is 6.25. The van der Waals surface area contributed by atoms with Crippen LogP contribution in [0.1, 0.15) is 16.7 Å². The minimum atomic E-state index is -4.48. The van der Waals surface area contributed by atoms with Crippen LogP contribution < -0.4 is 11.1 Å². The van der Waals surface area contributed by atoms with Crippen molar-refractivity contribution in [1.82, 2.24) is 0 Å². The number of thiophene rings is 1. The molecule has 0 saturated heterocycles. The summed E-state index contributed by atoms with van der Waals surface area (Å²) in [6.07, 6.45) is -3.73. The molecule has 0 aliphatic heterocycles. The first kappa shape index (κ1) is 15.8. The van der Waals surface area contributed by atoms with Gasteiger partial charge in [0, 0.05) is 17.8 Å². The van der Waals surface area contributed by atoms with Crippen molar-refractivity contribution in [3.63, 3.8) is 0 Å². The minimum absolute atomic E-state index is 0.152. The summed E-state index contributed by atoms with van der Waals surface area (Å²) in [4.78, 5) is -0.257. The summed E-state index contributed by atoms with van der Waals surface area (Å²) in [7, 11) is 0. The second kappa shape index (κ2) is 6.44. The van der Waals surface area contributed by atoms with Gasteiger partial charge in [0.05, 0.1) is 5.56 Å². The van der Waals surface area contributed by atoms with E-state index in [1.165, 1.54) is 6.07 Å². The third-order valence-corrected chi connectivity index (χ3v) is 3.87. The van der Waals surface area contributed by atoms with E-state index < -0.39 is 11.7 Å². The van der Waals surface area contributed by atoms with E-state index >= 15 is 0 Å². The molecule has 3 N–H and O–H groups in total. The number of nitrogens with one attached hydrogen (secondary N) is 1. The Hall–Kier alpha value is -1.60. The maximum absolute atomic E-state index is 13.0. The lowest BCUT2D eigenvalue weighted by Crippen LogP contribution is -2.18. The molecule has 1 heterocycles. The molecule has 7 heteroatoms. The first-order valence-electron chi connectivity index (χ1n) is 6.14. The van der Waals surface area contributed by atoms with Crippen LogP contribution >= 0.6 is 23.6 Å². The zero-order valence-corrected chi connectivity index (χ0v) is 12.5. The molecule has 0 fully saturated rings. The van der Waals surface area contributed by atoms with Crippen LogP contribution in [0.4, 0.5) is 18.9 Å². The van der Waals surface area contributed by atoms with Gasteiger partial charge in [0.2, 0.25) is 0 Å². The molecule has 2 aromatic rings. The van der Waals surface area contributed by atoms with Crippen LogP contribution in [-0.2, 0) is 12.6 Å². The number of rotatable bonds is 5. The Morgan fingerprint density at radius 3 is 2.62 bits per heavy atom. The quantitative estimate of drug-likeness (QED) is 0.812. The molecular formula is C14H13F3N2S2. The van der Waals surface area contributed by atoms with Gasteiger partial charge in [0.25, 0.3) is 0 Å². The average Bonchev–Trinajstić information content (AvgIpc) is 2.90. The molecule has 0 bridgehead atoms. The van der Waals surface area contributed by atoms with Crippen molar-refractivity contribution in [3.05, 3.63) is 51.7 Å². The van der Waals surface area contributed by atoms with Gasteiger partial charge < -0.3 is 11.1 Å². The van der Waals surface area contributed by atoms with Gasteiger partial charge in [-0.15, -0.1) is 0 Å². The minimum Gasteiger partial charge on any atom is -0.389 e. The molecule has 2 rings (SSSR count). The molecule has 0 atom stereocenters. The number of anilines is 1. The summed E-state index contributed by atoms with van der Waals surface area (Å²) in [6, 6.07) is 5.89. The predicted molar refractivity (Wildman–Crippen MR) is 83.8 cm³/mol. The van der Waals surface area contributed by atoms with Crippen molar-refractivity contribution in [2.24, 2.45) is 5.73 Å². The third-order valence-electron chi connectivity index (χ3n) is 2.91. The van der Waals surface area contributed by atoms with Crippen LogP contribution in [0.3, 0.4) is 0 Å². The first-order chi connectivity index (χ1) is 9.88. The number of halogens is 3. The van der Waals surface area contributed by atoms with Crippen molar-refractivity contribution >= 4 is 34.2 Å². The molecule has 1 aromatic carbocycles. The fourth-order valence-electron chi connectivity index (χ4n) is 1.89. The van der Waals surface area contributed by atoms with E-state index in [-0.39, 0.29) is 10.6 Å². The van der Waals surface area contributed by atoms with Gasteiger partial charge in [-0.2, -0.15) is 24.5 Å². The third kappa shape index (κ3) is 4.18. The predicted octanol–water partition coefficient (Wildman–Crippen LogP) is 4.06. The van der Waals surface area contributed by atoms with Gasteiger partial charge in [0.1, 0.15) is 4.99 Å². The van der Waals surface area contributed by atoms with E-state index in [4.69, 9.17) is 5.73 Å². The molecule has 2 nitrogen and oxygen atoms in total. The van der Waals surface area contributed by atoms with Crippen molar-refractivity contribution in [1.29, 1.82) is 0 Å². The summed E-state index contributed by atoms with van der Waals surface area (Å²) < 4.78 is 39.0. The SMILES string of the molecule is NC(=S)c1ccc(NCCc2ccsc2)cc1C(F)(F)F.